The van der Waals surface area contributed by atoms with Crippen LogP contribution in [0.25, 0.3) is 11.0 Å². The molecule has 28 heavy (non-hydrogen) atoms. The van der Waals surface area contributed by atoms with Gasteiger partial charge in [-0.3, -0.25) is 9.59 Å². The fourth-order valence-corrected chi connectivity index (χ4v) is 3.30. The minimum Gasteiger partial charge on any atom is -0.488 e. The third kappa shape index (κ3) is 5.56. The average Bonchev–Trinajstić information content (AvgIpc) is 3.13. The molecule has 150 valence electrons. The van der Waals surface area contributed by atoms with Crippen molar-refractivity contribution in [1.29, 1.82) is 0 Å². The van der Waals surface area contributed by atoms with E-state index in [-0.39, 0.29) is 5.91 Å². The number of nitrogens with zero attached hydrogens (tertiary/aromatic N) is 1. The van der Waals surface area contributed by atoms with Crippen LogP contribution in [0.4, 0.5) is 0 Å². The van der Waals surface area contributed by atoms with Gasteiger partial charge in [-0.15, -0.1) is 11.3 Å². The lowest BCUT2D eigenvalue weighted by Gasteiger charge is -2.05. The van der Waals surface area contributed by atoms with Gasteiger partial charge in [0.05, 0.1) is 21.6 Å². The van der Waals surface area contributed by atoms with Crippen molar-refractivity contribution in [2.75, 3.05) is 0 Å². The third-order valence-electron chi connectivity index (χ3n) is 3.91. The fraction of sp³-hybridized carbons (Fsp3) is 0.350. The highest BCUT2D eigenvalue weighted by Gasteiger charge is 2.16. The van der Waals surface area contributed by atoms with Gasteiger partial charge < -0.3 is 20.6 Å². The third-order valence-corrected chi connectivity index (χ3v) is 4.81. The van der Waals surface area contributed by atoms with Crippen molar-refractivity contribution >= 4 is 34.1 Å². The van der Waals surface area contributed by atoms with Crippen LogP contribution in [0.2, 0.25) is 0 Å². The van der Waals surface area contributed by atoms with E-state index in [1.807, 2.05) is 26.8 Å². The molecular formula is C20H25N3O4S. The monoisotopic (exact) mass is 403 g/mol. The number of ether oxygens (including phenoxy) is 1. The Labute approximate surface area is 167 Å². The van der Waals surface area contributed by atoms with Crippen LogP contribution in [0.15, 0.2) is 28.1 Å². The second-order valence-electron chi connectivity index (χ2n) is 6.77. The van der Waals surface area contributed by atoms with E-state index >= 15 is 0 Å². The number of carbonyl (C=O) groups excluding carboxylic acids is 2. The van der Waals surface area contributed by atoms with Crippen LogP contribution in [0.3, 0.4) is 0 Å². The Morgan fingerprint density at radius 1 is 1.25 bits per heavy atom. The summed E-state index contributed by atoms with van der Waals surface area (Å²) in [7, 11) is 0. The molecule has 0 aliphatic rings. The van der Waals surface area contributed by atoms with Gasteiger partial charge in [-0.05, 0) is 38.0 Å². The van der Waals surface area contributed by atoms with Gasteiger partial charge in [0.1, 0.15) is 23.7 Å². The van der Waals surface area contributed by atoms with Crippen LogP contribution in [0.1, 0.15) is 47.0 Å². The van der Waals surface area contributed by atoms with E-state index in [1.54, 1.807) is 35.9 Å². The molecule has 0 aliphatic carbocycles. The molecule has 4 N–H and O–H groups in total. The van der Waals surface area contributed by atoms with Gasteiger partial charge in [-0.2, -0.15) is 0 Å². The van der Waals surface area contributed by atoms with E-state index in [0.717, 1.165) is 10.6 Å². The lowest BCUT2D eigenvalue weighted by Crippen LogP contribution is -2.12. The van der Waals surface area contributed by atoms with E-state index in [2.05, 4.69) is 4.98 Å². The standard InChI is InChI=1S/C15H14N2O3S.C5H11NO/c1-8-13(21-7-17-8)6-19-10-3-4-12-11(5-10)14(15(16)18)9(2)20-12;1-4(2)3-5(6)7/h3-5,7H,6H2,1-2H3,(H2,16,18);4H,3H2,1-2H3,(H2,6,7). The van der Waals surface area contributed by atoms with Gasteiger partial charge in [0, 0.05) is 11.8 Å². The average molecular weight is 404 g/mol. The van der Waals surface area contributed by atoms with Crippen molar-refractivity contribution in [2.24, 2.45) is 17.4 Å². The SMILES string of the molecule is CC(C)CC(N)=O.Cc1ncsc1COc1ccc2oc(C)c(C(N)=O)c2c1. The largest absolute Gasteiger partial charge is 0.488 e. The van der Waals surface area contributed by atoms with Crippen LogP contribution >= 0.6 is 11.3 Å². The number of fused-ring (bicyclic) bond motifs is 1. The predicted octanol–water partition coefficient (Wildman–Crippen LogP) is 3.70. The predicted molar refractivity (Wildman–Crippen MR) is 109 cm³/mol. The number of carbonyl (C=O) groups is 2. The molecule has 0 fully saturated rings. The van der Waals surface area contributed by atoms with E-state index in [4.69, 9.17) is 20.6 Å². The van der Waals surface area contributed by atoms with Crippen molar-refractivity contribution < 1.29 is 18.7 Å². The van der Waals surface area contributed by atoms with Crippen LogP contribution in [0, 0.1) is 19.8 Å². The van der Waals surface area contributed by atoms with Gasteiger partial charge in [0.2, 0.25) is 5.91 Å². The zero-order chi connectivity index (χ0) is 20.8. The van der Waals surface area contributed by atoms with Crippen molar-refractivity contribution in [3.63, 3.8) is 0 Å². The number of benzene rings is 1. The molecule has 8 heteroatoms. The summed E-state index contributed by atoms with van der Waals surface area (Å²) in [4.78, 5) is 26.8. The lowest BCUT2D eigenvalue weighted by molar-refractivity contribution is -0.118. The highest BCUT2D eigenvalue weighted by Crippen LogP contribution is 2.29. The first kappa shape index (κ1) is 21.4. The fourth-order valence-electron chi connectivity index (χ4n) is 2.61. The summed E-state index contributed by atoms with van der Waals surface area (Å²) in [6.07, 6.45) is 0.500. The maximum absolute atomic E-state index is 11.5. The van der Waals surface area contributed by atoms with Gasteiger partial charge in [-0.1, -0.05) is 13.8 Å². The zero-order valence-electron chi connectivity index (χ0n) is 16.4. The van der Waals surface area contributed by atoms with Crippen molar-refractivity contribution in [1.82, 2.24) is 4.98 Å². The van der Waals surface area contributed by atoms with E-state index in [9.17, 15) is 9.59 Å². The van der Waals surface area contributed by atoms with Crippen LogP contribution in [-0.4, -0.2) is 16.8 Å². The summed E-state index contributed by atoms with van der Waals surface area (Å²) in [6.45, 7) is 8.05. The minimum absolute atomic E-state index is 0.213. The molecule has 0 atom stereocenters. The molecule has 7 nitrogen and oxygen atoms in total. The van der Waals surface area contributed by atoms with Crippen LogP contribution in [0.5, 0.6) is 5.75 Å². The van der Waals surface area contributed by atoms with Crippen molar-refractivity contribution in [2.45, 2.75) is 40.7 Å². The number of aromatic nitrogens is 1. The maximum Gasteiger partial charge on any atom is 0.252 e. The summed E-state index contributed by atoms with van der Waals surface area (Å²) in [6, 6.07) is 5.37. The second kappa shape index (κ2) is 9.36. The number of rotatable bonds is 6. The zero-order valence-corrected chi connectivity index (χ0v) is 17.3. The Kier molecular flexibility index (Phi) is 7.17. The highest BCUT2D eigenvalue weighted by atomic mass is 32.1. The number of thiazole rings is 1. The summed E-state index contributed by atoms with van der Waals surface area (Å²) in [5.74, 6) is 0.876. The maximum atomic E-state index is 11.5. The number of furan rings is 1. The number of hydrogen-bond donors (Lipinski definition) is 2. The number of aryl methyl sites for hydroxylation is 2. The Bertz CT molecular complexity index is 975. The molecule has 2 aromatic heterocycles. The Morgan fingerprint density at radius 2 is 1.96 bits per heavy atom. The van der Waals surface area contributed by atoms with Crippen LogP contribution in [-0.2, 0) is 11.4 Å². The Balaban J connectivity index is 0.000000345. The molecule has 1 aromatic carbocycles. The molecular weight excluding hydrogens is 378 g/mol. The number of primary amides is 2. The van der Waals surface area contributed by atoms with Crippen molar-refractivity contribution in [3.8, 4) is 5.75 Å². The minimum atomic E-state index is -0.498. The highest BCUT2D eigenvalue weighted by molar-refractivity contribution is 7.09. The Hall–Kier alpha value is -2.87. The van der Waals surface area contributed by atoms with Crippen molar-refractivity contribution in [3.05, 3.63) is 45.6 Å². The molecule has 2 amide bonds. The molecule has 0 aliphatic heterocycles. The molecule has 0 spiro atoms. The first-order valence-electron chi connectivity index (χ1n) is 8.82. The summed E-state index contributed by atoms with van der Waals surface area (Å²) < 4.78 is 11.3. The first-order chi connectivity index (χ1) is 13.2. The van der Waals surface area contributed by atoms with Crippen LogP contribution < -0.4 is 16.2 Å². The van der Waals surface area contributed by atoms with E-state index < -0.39 is 5.91 Å². The molecule has 0 unspecified atom stereocenters. The van der Waals surface area contributed by atoms with E-state index in [1.165, 1.54) is 0 Å². The summed E-state index contributed by atoms with van der Waals surface area (Å²) >= 11 is 1.56. The Morgan fingerprint density at radius 3 is 2.46 bits per heavy atom. The van der Waals surface area contributed by atoms with Gasteiger partial charge in [0.25, 0.3) is 5.91 Å². The summed E-state index contributed by atoms with van der Waals surface area (Å²) in [5.41, 5.74) is 14.1. The number of hydrogen-bond acceptors (Lipinski definition) is 6. The quantitative estimate of drug-likeness (QED) is 0.650. The normalized spacial score (nSPS) is 10.6. The molecule has 3 rings (SSSR count). The molecule has 0 radical (unpaired) electrons. The topological polar surface area (TPSA) is 121 Å². The smallest absolute Gasteiger partial charge is 0.252 e. The molecule has 0 saturated carbocycles. The molecule has 2 heterocycles. The molecule has 0 saturated heterocycles. The summed E-state index contributed by atoms with van der Waals surface area (Å²) in [5, 5.41) is 0.679. The van der Waals surface area contributed by atoms with Gasteiger partial charge in [0.15, 0.2) is 0 Å². The van der Waals surface area contributed by atoms with Gasteiger partial charge >= 0.3 is 0 Å². The lowest BCUT2D eigenvalue weighted by atomic mass is 10.1. The number of nitrogens with two attached hydrogens (primary N) is 2. The molecule has 3 aromatic rings. The number of amides is 2. The van der Waals surface area contributed by atoms with Gasteiger partial charge in [-0.25, -0.2) is 4.98 Å². The second-order valence-corrected chi connectivity index (χ2v) is 7.71. The first-order valence-corrected chi connectivity index (χ1v) is 9.70. The molecule has 0 bridgehead atoms. The van der Waals surface area contributed by atoms with E-state index in [0.29, 0.717) is 47.0 Å².